The third-order valence-corrected chi connectivity index (χ3v) is 1.69. The monoisotopic (exact) mass is 162 g/mol. The first kappa shape index (κ1) is 8.91. The Kier molecular flexibility index (Phi) is 2.97. The Morgan fingerprint density at radius 1 is 1.58 bits per heavy atom. The first-order valence-electron chi connectivity index (χ1n) is 4.22. The summed E-state index contributed by atoms with van der Waals surface area (Å²) in [5.41, 5.74) is 2.08. The smallest absolute Gasteiger partial charge is 0.125 e. The number of allylic oxidation sites excluding steroid dienone is 1. The SMILES string of the molecule is C=C(CCC)c1ccnc(C)n1. The molecule has 0 bridgehead atoms. The molecule has 0 N–H and O–H groups in total. The molecule has 0 aliphatic carbocycles. The summed E-state index contributed by atoms with van der Waals surface area (Å²) in [6, 6.07) is 1.91. The highest BCUT2D eigenvalue weighted by molar-refractivity contribution is 5.59. The summed E-state index contributed by atoms with van der Waals surface area (Å²) in [5, 5.41) is 0. The number of hydrogen-bond donors (Lipinski definition) is 0. The molecule has 0 aliphatic rings. The van der Waals surface area contributed by atoms with Gasteiger partial charge in [-0.2, -0.15) is 0 Å². The molecule has 1 aromatic rings. The van der Waals surface area contributed by atoms with Crippen molar-refractivity contribution in [3.63, 3.8) is 0 Å². The molecule has 12 heavy (non-hydrogen) atoms. The van der Waals surface area contributed by atoms with Gasteiger partial charge >= 0.3 is 0 Å². The van der Waals surface area contributed by atoms with Crippen molar-refractivity contribution < 1.29 is 0 Å². The predicted octanol–water partition coefficient (Wildman–Crippen LogP) is 2.60. The third kappa shape index (κ3) is 2.16. The van der Waals surface area contributed by atoms with E-state index in [4.69, 9.17) is 0 Å². The maximum Gasteiger partial charge on any atom is 0.125 e. The summed E-state index contributed by atoms with van der Waals surface area (Å²) < 4.78 is 0. The van der Waals surface area contributed by atoms with E-state index in [1.807, 2.05) is 13.0 Å². The molecule has 0 aliphatic heterocycles. The number of rotatable bonds is 3. The molecule has 1 aromatic heterocycles. The van der Waals surface area contributed by atoms with Gasteiger partial charge in [-0.05, 0) is 25.0 Å². The van der Waals surface area contributed by atoms with Crippen molar-refractivity contribution in [1.82, 2.24) is 9.97 Å². The molecule has 0 saturated heterocycles. The van der Waals surface area contributed by atoms with E-state index in [1.165, 1.54) is 0 Å². The molecule has 0 spiro atoms. The second-order valence-electron chi connectivity index (χ2n) is 2.84. The molecule has 64 valence electrons. The Bertz CT molecular complexity index is 279. The van der Waals surface area contributed by atoms with Crippen molar-refractivity contribution in [2.24, 2.45) is 0 Å². The van der Waals surface area contributed by atoms with E-state index < -0.39 is 0 Å². The zero-order valence-corrected chi connectivity index (χ0v) is 7.67. The lowest BCUT2D eigenvalue weighted by Crippen LogP contribution is -1.92. The van der Waals surface area contributed by atoms with Gasteiger partial charge in [0.2, 0.25) is 0 Å². The van der Waals surface area contributed by atoms with Crippen molar-refractivity contribution in [3.05, 3.63) is 30.4 Å². The van der Waals surface area contributed by atoms with Crippen molar-refractivity contribution >= 4 is 5.57 Å². The Morgan fingerprint density at radius 3 is 2.92 bits per heavy atom. The van der Waals surface area contributed by atoms with Crippen LogP contribution in [-0.2, 0) is 0 Å². The van der Waals surface area contributed by atoms with Crippen molar-refractivity contribution in [1.29, 1.82) is 0 Å². The third-order valence-electron chi connectivity index (χ3n) is 1.69. The highest BCUT2D eigenvalue weighted by Crippen LogP contribution is 2.14. The Hall–Kier alpha value is -1.18. The van der Waals surface area contributed by atoms with Crippen LogP contribution in [0.2, 0.25) is 0 Å². The fourth-order valence-corrected chi connectivity index (χ4v) is 1.08. The van der Waals surface area contributed by atoms with Gasteiger partial charge in [-0.3, -0.25) is 0 Å². The van der Waals surface area contributed by atoms with Crippen molar-refractivity contribution in [2.75, 3.05) is 0 Å². The summed E-state index contributed by atoms with van der Waals surface area (Å²) in [4.78, 5) is 8.31. The van der Waals surface area contributed by atoms with Crippen molar-refractivity contribution in [2.45, 2.75) is 26.7 Å². The van der Waals surface area contributed by atoms with Crippen LogP contribution in [0.25, 0.3) is 5.57 Å². The lowest BCUT2D eigenvalue weighted by atomic mass is 10.1. The molecule has 2 nitrogen and oxygen atoms in total. The van der Waals surface area contributed by atoms with Crippen LogP contribution >= 0.6 is 0 Å². The summed E-state index contributed by atoms with van der Waals surface area (Å²) in [6.45, 7) is 8.00. The predicted molar refractivity (Wildman–Crippen MR) is 50.7 cm³/mol. The van der Waals surface area contributed by atoms with E-state index in [0.29, 0.717) is 0 Å². The average Bonchev–Trinajstić information content (AvgIpc) is 2.05. The average molecular weight is 162 g/mol. The van der Waals surface area contributed by atoms with E-state index in [-0.39, 0.29) is 0 Å². The van der Waals surface area contributed by atoms with Crippen LogP contribution in [0.1, 0.15) is 31.3 Å². The lowest BCUT2D eigenvalue weighted by Gasteiger charge is -2.02. The van der Waals surface area contributed by atoms with E-state index in [0.717, 1.165) is 29.9 Å². The van der Waals surface area contributed by atoms with Gasteiger partial charge in [0.05, 0.1) is 5.69 Å². The normalized spacial score (nSPS) is 9.83. The number of aromatic nitrogens is 2. The molecular formula is C10H14N2. The standard InChI is InChI=1S/C10H14N2/c1-4-5-8(2)10-6-7-11-9(3)12-10/h6-7H,2,4-5H2,1,3H3. The maximum atomic E-state index is 4.28. The van der Waals surface area contributed by atoms with E-state index in [2.05, 4.69) is 23.5 Å². The van der Waals surface area contributed by atoms with Crippen LogP contribution in [-0.4, -0.2) is 9.97 Å². The van der Waals surface area contributed by atoms with Gasteiger partial charge in [0.1, 0.15) is 5.82 Å². The van der Waals surface area contributed by atoms with Crippen LogP contribution in [0.5, 0.6) is 0 Å². The first-order valence-corrected chi connectivity index (χ1v) is 4.22. The van der Waals surface area contributed by atoms with E-state index >= 15 is 0 Å². The van der Waals surface area contributed by atoms with Gasteiger partial charge in [0.15, 0.2) is 0 Å². The topological polar surface area (TPSA) is 25.8 Å². The van der Waals surface area contributed by atoms with Gasteiger partial charge in [-0.15, -0.1) is 0 Å². The van der Waals surface area contributed by atoms with Crippen LogP contribution in [0.15, 0.2) is 18.8 Å². The minimum absolute atomic E-state index is 0.810. The van der Waals surface area contributed by atoms with E-state index in [1.54, 1.807) is 6.20 Å². The number of aryl methyl sites for hydroxylation is 1. The molecule has 0 saturated carbocycles. The van der Waals surface area contributed by atoms with E-state index in [9.17, 15) is 0 Å². The molecule has 0 amide bonds. The van der Waals surface area contributed by atoms with Crippen LogP contribution in [0, 0.1) is 6.92 Å². The fourth-order valence-electron chi connectivity index (χ4n) is 1.08. The van der Waals surface area contributed by atoms with Gasteiger partial charge < -0.3 is 0 Å². The molecule has 0 fully saturated rings. The minimum Gasteiger partial charge on any atom is -0.242 e. The largest absolute Gasteiger partial charge is 0.242 e. The molecule has 0 aromatic carbocycles. The Balaban J connectivity index is 2.81. The molecular weight excluding hydrogens is 148 g/mol. The summed E-state index contributed by atoms with van der Waals surface area (Å²) in [7, 11) is 0. The van der Waals surface area contributed by atoms with Gasteiger partial charge in [0, 0.05) is 6.20 Å². The first-order chi connectivity index (χ1) is 5.74. The molecule has 1 heterocycles. The second kappa shape index (κ2) is 4.00. The van der Waals surface area contributed by atoms with Crippen molar-refractivity contribution in [3.8, 4) is 0 Å². The van der Waals surface area contributed by atoms with Gasteiger partial charge in [0.25, 0.3) is 0 Å². The van der Waals surface area contributed by atoms with Gasteiger partial charge in [-0.25, -0.2) is 9.97 Å². The summed E-state index contributed by atoms with van der Waals surface area (Å²) >= 11 is 0. The molecule has 0 atom stereocenters. The highest BCUT2D eigenvalue weighted by atomic mass is 14.9. The van der Waals surface area contributed by atoms with Crippen LogP contribution in [0.3, 0.4) is 0 Å². The summed E-state index contributed by atoms with van der Waals surface area (Å²) in [5.74, 6) is 0.810. The zero-order chi connectivity index (χ0) is 8.97. The molecule has 2 heteroatoms. The number of nitrogens with zero attached hydrogens (tertiary/aromatic N) is 2. The maximum absolute atomic E-state index is 4.28. The highest BCUT2D eigenvalue weighted by Gasteiger charge is 1.98. The lowest BCUT2D eigenvalue weighted by molar-refractivity contribution is 0.953. The molecule has 0 radical (unpaired) electrons. The summed E-state index contributed by atoms with van der Waals surface area (Å²) in [6.07, 6.45) is 3.90. The quantitative estimate of drug-likeness (QED) is 0.682. The van der Waals surface area contributed by atoms with Crippen LogP contribution in [0.4, 0.5) is 0 Å². The minimum atomic E-state index is 0.810. The molecule has 1 rings (SSSR count). The number of hydrogen-bond acceptors (Lipinski definition) is 2. The zero-order valence-electron chi connectivity index (χ0n) is 7.67. The fraction of sp³-hybridized carbons (Fsp3) is 0.400. The second-order valence-corrected chi connectivity index (χ2v) is 2.84. The Labute approximate surface area is 73.4 Å². The molecule has 0 unspecified atom stereocenters. The Morgan fingerprint density at radius 2 is 2.33 bits per heavy atom. The van der Waals surface area contributed by atoms with Crippen LogP contribution < -0.4 is 0 Å². The van der Waals surface area contributed by atoms with Gasteiger partial charge in [-0.1, -0.05) is 19.9 Å².